The van der Waals surface area contributed by atoms with E-state index in [1.54, 1.807) is 0 Å². The maximum Gasteiger partial charge on any atom is 0.269 e. The first-order valence-electron chi connectivity index (χ1n) is 7.20. The van der Waals surface area contributed by atoms with Gasteiger partial charge in [0, 0.05) is 17.8 Å². The number of hydrogen-bond donors (Lipinski definition) is 1. The number of nitro groups is 1. The van der Waals surface area contributed by atoms with E-state index in [0.29, 0.717) is 5.69 Å². The quantitative estimate of drug-likeness (QED) is 0.652. The Morgan fingerprint density at radius 2 is 1.87 bits per heavy atom. The molecule has 2 aromatic carbocycles. The molecule has 0 aliphatic carbocycles. The highest BCUT2D eigenvalue weighted by Gasteiger charge is 2.07. The zero-order valence-electron chi connectivity index (χ0n) is 13.0. The SMILES string of the molecule is Cc1cccc(OCCC(=O)Nc2ccc([N+](=O)[O-])cc2)c1C. The van der Waals surface area contributed by atoms with Gasteiger partial charge in [0.15, 0.2) is 0 Å². The molecule has 0 radical (unpaired) electrons. The Hall–Kier alpha value is -2.89. The average molecular weight is 314 g/mol. The van der Waals surface area contributed by atoms with Crippen LogP contribution in [0.3, 0.4) is 0 Å². The van der Waals surface area contributed by atoms with Gasteiger partial charge in [-0.15, -0.1) is 0 Å². The van der Waals surface area contributed by atoms with Crippen molar-refractivity contribution in [3.05, 3.63) is 63.7 Å². The van der Waals surface area contributed by atoms with E-state index in [4.69, 9.17) is 4.74 Å². The lowest BCUT2D eigenvalue weighted by Gasteiger charge is -2.11. The maximum atomic E-state index is 11.8. The third-order valence-corrected chi connectivity index (χ3v) is 3.50. The van der Waals surface area contributed by atoms with Gasteiger partial charge in [-0.05, 0) is 43.2 Å². The lowest BCUT2D eigenvalue weighted by Crippen LogP contribution is -2.15. The summed E-state index contributed by atoms with van der Waals surface area (Å²) in [6, 6.07) is 11.5. The van der Waals surface area contributed by atoms with Gasteiger partial charge in [-0.25, -0.2) is 0 Å². The predicted octanol–water partition coefficient (Wildman–Crippen LogP) is 3.62. The van der Waals surface area contributed by atoms with E-state index in [9.17, 15) is 14.9 Å². The molecule has 23 heavy (non-hydrogen) atoms. The van der Waals surface area contributed by atoms with Crippen LogP contribution in [-0.2, 0) is 4.79 Å². The number of nitrogens with one attached hydrogen (secondary N) is 1. The monoisotopic (exact) mass is 314 g/mol. The molecule has 2 rings (SSSR count). The summed E-state index contributed by atoms with van der Waals surface area (Å²) in [5.41, 5.74) is 2.70. The average Bonchev–Trinajstić information content (AvgIpc) is 2.52. The lowest BCUT2D eigenvalue weighted by molar-refractivity contribution is -0.384. The van der Waals surface area contributed by atoms with E-state index in [1.165, 1.54) is 24.3 Å². The molecule has 0 saturated carbocycles. The molecule has 0 fully saturated rings. The number of non-ortho nitro benzene ring substituents is 1. The van der Waals surface area contributed by atoms with Crippen molar-refractivity contribution in [2.45, 2.75) is 20.3 Å². The van der Waals surface area contributed by atoms with Gasteiger partial charge in [-0.1, -0.05) is 12.1 Å². The highest BCUT2D eigenvalue weighted by molar-refractivity contribution is 5.90. The van der Waals surface area contributed by atoms with Gasteiger partial charge < -0.3 is 10.1 Å². The summed E-state index contributed by atoms with van der Waals surface area (Å²) in [5, 5.41) is 13.2. The number of nitrogens with zero attached hydrogens (tertiary/aromatic N) is 1. The largest absolute Gasteiger partial charge is 0.493 e. The summed E-state index contributed by atoms with van der Waals surface area (Å²) in [6.45, 7) is 4.24. The van der Waals surface area contributed by atoms with Crippen LogP contribution in [0.5, 0.6) is 5.75 Å². The van der Waals surface area contributed by atoms with Crippen molar-refractivity contribution in [1.82, 2.24) is 0 Å². The molecule has 0 spiro atoms. The molecule has 1 amide bonds. The van der Waals surface area contributed by atoms with Crippen molar-refractivity contribution in [1.29, 1.82) is 0 Å². The summed E-state index contributed by atoms with van der Waals surface area (Å²) in [7, 11) is 0. The second kappa shape index (κ2) is 7.40. The standard InChI is InChI=1S/C17H18N2O4/c1-12-4-3-5-16(13(12)2)23-11-10-17(20)18-14-6-8-15(9-7-14)19(21)22/h3-9H,10-11H2,1-2H3,(H,18,20). The first-order valence-corrected chi connectivity index (χ1v) is 7.20. The molecule has 0 saturated heterocycles. The molecule has 6 heteroatoms. The maximum absolute atomic E-state index is 11.8. The molecular weight excluding hydrogens is 296 g/mol. The van der Waals surface area contributed by atoms with Crippen molar-refractivity contribution >= 4 is 17.3 Å². The summed E-state index contributed by atoms with van der Waals surface area (Å²) in [6.07, 6.45) is 0.199. The number of nitro benzene ring substituents is 1. The van der Waals surface area contributed by atoms with E-state index in [1.807, 2.05) is 32.0 Å². The minimum atomic E-state index is -0.483. The molecule has 0 atom stereocenters. The fourth-order valence-corrected chi connectivity index (χ4v) is 2.02. The van der Waals surface area contributed by atoms with E-state index < -0.39 is 4.92 Å². The second-order valence-corrected chi connectivity index (χ2v) is 5.15. The third-order valence-electron chi connectivity index (χ3n) is 3.50. The number of ether oxygens (including phenoxy) is 1. The smallest absolute Gasteiger partial charge is 0.269 e. The van der Waals surface area contributed by atoms with Crippen molar-refractivity contribution < 1.29 is 14.5 Å². The number of anilines is 1. The molecule has 0 unspecified atom stereocenters. The third kappa shape index (κ3) is 4.54. The van der Waals surface area contributed by atoms with E-state index >= 15 is 0 Å². The van der Waals surface area contributed by atoms with Crippen molar-refractivity contribution in [2.75, 3.05) is 11.9 Å². The summed E-state index contributed by atoms with van der Waals surface area (Å²) >= 11 is 0. The van der Waals surface area contributed by atoms with Crippen LogP contribution in [0.4, 0.5) is 11.4 Å². The molecule has 0 aromatic heterocycles. The predicted molar refractivity (Wildman–Crippen MR) is 87.8 cm³/mol. The van der Waals surface area contributed by atoms with Gasteiger partial charge in [-0.3, -0.25) is 14.9 Å². The van der Waals surface area contributed by atoms with Gasteiger partial charge in [0.1, 0.15) is 5.75 Å². The Kier molecular flexibility index (Phi) is 5.30. The highest BCUT2D eigenvalue weighted by Crippen LogP contribution is 2.20. The molecule has 1 N–H and O–H groups in total. The van der Waals surface area contributed by atoms with E-state index in [-0.39, 0.29) is 24.6 Å². The lowest BCUT2D eigenvalue weighted by atomic mass is 10.1. The number of carbonyl (C=O) groups is 1. The zero-order chi connectivity index (χ0) is 16.8. The zero-order valence-corrected chi connectivity index (χ0v) is 13.0. The van der Waals surface area contributed by atoms with Crippen LogP contribution in [0.1, 0.15) is 17.5 Å². The van der Waals surface area contributed by atoms with Crippen LogP contribution in [0.15, 0.2) is 42.5 Å². The van der Waals surface area contributed by atoms with Crippen LogP contribution >= 0.6 is 0 Å². The molecule has 2 aromatic rings. The molecule has 0 heterocycles. The molecular formula is C17H18N2O4. The van der Waals surface area contributed by atoms with Crippen molar-refractivity contribution in [3.8, 4) is 5.75 Å². The summed E-state index contributed by atoms with van der Waals surface area (Å²) in [4.78, 5) is 21.9. The number of benzene rings is 2. The van der Waals surface area contributed by atoms with Crippen LogP contribution in [0.25, 0.3) is 0 Å². The number of carbonyl (C=O) groups excluding carboxylic acids is 1. The second-order valence-electron chi connectivity index (χ2n) is 5.15. The topological polar surface area (TPSA) is 81.5 Å². The van der Waals surface area contributed by atoms with Crippen LogP contribution in [-0.4, -0.2) is 17.4 Å². The van der Waals surface area contributed by atoms with Gasteiger partial charge in [0.05, 0.1) is 18.0 Å². The molecule has 0 aliphatic rings. The minimum Gasteiger partial charge on any atom is -0.493 e. The molecule has 120 valence electrons. The van der Waals surface area contributed by atoms with Gasteiger partial charge in [0.2, 0.25) is 5.91 Å². The Bertz CT molecular complexity index is 711. The molecule has 6 nitrogen and oxygen atoms in total. The summed E-state index contributed by atoms with van der Waals surface area (Å²) < 4.78 is 5.63. The number of aryl methyl sites for hydroxylation is 1. The van der Waals surface area contributed by atoms with E-state index in [2.05, 4.69) is 5.32 Å². The fraction of sp³-hybridized carbons (Fsp3) is 0.235. The Balaban J connectivity index is 1.83. The summed E-state index contributed by atoms with van der Waals surface area (Å²) in [5.74, 6) is 0.567. The van der Waals surface area contributed by atoms with Crippen molar-refractivity contribution in [3.63, 3.8) is 0 Å². The Labute approximate surface area is 134 Å². The van der Waals surface area contributed by atoms with Crippen LogP contribution in [0.2, 0.25) is 0 Å². The highest BCUT2D eigenvalue weighted by atomic mass is 16.6. The Morgan fingerprint density at radius 3 is 2.52 bits per heavy atom. The number of rotatable bonds is 6. The first-order chi connectivity index (χ1) is 11.0. The number of hydrogen-bond acceptors (Lipinski definition) is 4. The fourth-order valence-electron chi connectivity index (χ4n) is 2.02. The van der Waals surface area contributed by atoms with Crippen LogP contribution < -0.4 is 10.1 Å². The van der Waals surface area contributed by atoms with Gasteiger partial charge in [-0.2, -0.15) is 0 Å². The first kappa shape index (κ1) is 16.5. The minimum absolute atomic E-state index is 0.0127. The number of amides is 1. The van der Waals surface area contributed by atoms with Crippen molar-refractivity contribution in [2.24, 2.45) is 0 Å². The molecule has 0 aliphatic heterocycles. The van der Waals surface area contributed by atoms with Gasteiger partial charge >= 0.3 is 0 Å². The molecule has 0 bridgehead atoms. The van der Waals surface area contributed by atoms with Gasteiger partial charge in [0.25, 0.3) is 5.69 Å². The normalized spacial score (nSPS) is 10.2. The van der Waals surface area contributed by atoms with Crippen LogP contribution in [0, 0.1) is 24.0 Å². The van der Waals surface area contributed by atoms with E-state index in [0.717, 1.165) is 16.9 Å². The Morgan fingerprint density at radius 1 is 1.17 bits per heavy atom.